The van der Waals surface area contributed by atoms with E-state index < -0.39 is 22.1 Å². The molecule has 0 saturated carbocycles. The van der Waals surface area contributed by atoms with Crippen molar-refractivity contribution in [2.45, 2.75) is 37.7 Å². The largest absolute Gasteiger partial charge is 0.478 e. The summed E-state index contributed by atoms with van der Waals surface area (Å²) >= 11 is 5.96. The molecule has 0 aromatic heterocycles. The van der Waals surface area contributed by atoms with Crippen molar-refractivity contribution >= 4 is 27.6 Å². The Kier molecular flexibility index (Phi) is 6.15. The average molecular weight is 336 g/mol. The third kappa shape index (κ3) is 4.67. The van der Waals surface area contributed by atoms with E-state index >= 15 is 0 Å². The lowest BCUT2D eigenvalue weighted by molar-refractivity contribution is 0.0696. The highest BCUT2D eigenvalue weighted by Crippen LogP contribution is 2.26. The van der Waals surface area contributed by atoms with Crippen LogP contribution in [0.15, 0.2) is 17.0 Å². The Hall–Kier alpha value is -1.15. The van der Waals surface area contributed by atoms with E-state index in [4.69, 9.17) is 16.7 Å². The Balaban J connectivity index is 3.05. The van der Waals surface area contributed by atoms with Gasteiger partial charge in [0.1, 0.15) is 4.90 Å². The number of aliphatic hydroxyl groups is 1. The molecular weight excluding hydrogens is 318 g/mol. The van der Waals surface area contributed by atoms with Gasteiger partial charge in [0.2, 0.25) is 10.0 Å². The van der Waals surface area contributed by atoms with Gasteiger partial charge in [0.15, 0.2) is 0 Å². The highest BCUT2D eigenvalue weighted by molar-refractivity contribution is 7.89. The molecule has 0 spiro atoms. The van der Waals surface area contributed by atoms with Gasteiger partial charge < -0.3 is 10.2 Å². The van der Waals surface area contributed by atoms with Crippen LogP contribution in [0, 0.1) is 6.92 Å². The SMILES string of the molecule is CCC(O)CCNS(=O)(=O)c1cc(C(=O)O)cc(C)c1Cl. The van der Waals surface area contributed by atoms with Crippen molar-refractivity contribution in [3.63, 3.8) is 0 Å². The van der Waals surface area contributed by atoms with Crippen molar-refractivity contribution in [1.82, 2.24) is 4.72 Å². The minimum atomic E-state index is -3.93. The average Bonchev–Trinajstić information content (AvgIpc) is 2.40. The lowest BCUT2D eigenvalue weighted by Crippen LogP contribution is -2.27. The lowest BCUT2D eigenvalue weighted by Gasteiger charge is -2.12. The van der Waals surface area contributed by atoms with Crippen LogP contribution in [0.25, 0.3) is 0 Å². The molecule has 8 heteroatoms. The van der Waals surface area contributed by atoms with Crippen molar-refractivity contribution in [2.75, 3.05) is 6.54 Å². The number of nitrogens with one attached hydrogen (secondary N) is 1. The quantitative estimate of drug-likeness (QED) is 0.704. The first-order chi connectivity index (χ1) is 9.69. The number of carbonyl (C=O) groups is 1. The van der Waals surface area contributed by atoms with Crippen molar-refractivity contribution in [1.29, 1.82) is 0 Å². The second kappa shape index (κ2) is 7.22. The first kappa shape index (κ1) is 17.9. The molecule has 0 aliphatic rings. The number of halogens is 1. The Labute approximate surface area is 128 Å². The Morgan fingerprint density at radius 1 is 1.43 bits per heavy atom. The number of hydrogen-bond donors (Lipinski definition) is 3. The Morgan fingerprint density at radius 2 is 2.05 bits per heavy atom. The van der Waals surface area contributed by atoms with Gasteiger partial charge in [0.25, 0.3) is 0 Å². The minimum Gasteiger partial charge on any atom is -0.478 e. The molecule has 21 heavy (non-hydrogen) atoms. The highest BCUT2D eigenvalue weighted by Gasteiger charge is 2.21. The van der Waals surface area contributed by atoms with Crippen molar-refractivity contribution in [3.8, 4) is 0 Å². The van der Waals surface area contributed by atoms with E-state index in [1.165, 1.54) is 13.0 Å². The maximum Gasteiger partial charge on any atom is 0.335 e. The number of hydrogen-bond acceptors (Lipinski definition) is 4. The Bertz CT molecular complexity index is 630. The van der Waals surface area contributed by atoms with E-state index in [1.807, 2.05) is 0 Å². The van der Waals surface area contributed by atoms with E-state index in [9.17, 15) is 18.3 Å². The minimum absolute atomic E-state index is 0.0106. The second-order valence-corrected chi connectivity index (χ2v) is 6.77. The molecule has 1 atom stereocenters. The summed E-state index contributed by atoms with van der Waals surface area (Å²) in [4.78, 5) is 10.7. The van der Waals surface area contributed by atoms with Gasteiger partial charge in [-0.1, -0.05) is 18.5 Å². The van der Waals surface area contributed by atoms with Crippen LogP contribution in [0.1, 0.15) is 35.7 Å². The number of carboxylic acids is 1. The van der Waals surface area contributed by atoms with Crippen molar-refractivity contribution < 1.29 is 23.4 Å². The summed E-state index contributed by atoms with van der Waals surface area (Å²) in [5, 5.41) is 18.4. The standard InChI is InChI=1S/C13H18ClNO5S/c1-3-10(16)4-5-15-21(19,20)11-7-9(13(17)18)6-8(2)12(11)14/h6-7,10,15-16H,3-5H2,1-2H3,(H,17,18). The normalized spacial score (nSPS) is 13.1. The molecule has 0 amide bonds. The predicted molar refractivity (Wildman–Crippen MR) is 79.3 cm³/mol. The number of aryl methyl sites for hydroxylation is 1. The summed E-state index contributed by atoms with van der Waals surface area (Å²) in [5.74, 6) is -1.23. The van der Waals surface area contributed by atoms with Crippen molar-refractivity contribution in [3.05, 3.63) is 28.3 Å². The predicted octanol–water partition coefficient (Wildman–Crippen LogP) is 1.79. The third-order valence-electron chi connectivity index (χ3n) is 3.00. The van der Waals surface area contributed by atoms with Gasteiger partial charge in [-0.2, -0.15) is 0 Å². The molecule has 0 aliphatic carbocycles. The Morgan fingerprint density at radius 3 is 2.57 bits per heavy atom. The van der Waals surface area contributed by atoms with Crippen LogP contribution in [0.4, 0.5) is 0 Å². The topological polar surface area (TPSA) is 104 Å². The third-order valence-corrected chi connectivity index (χ3v) is 5.10. The molecule has 3 N–H and O–H groups in total. The van der Waals surface area contributed by atoms with Crippen LogP contribution < -0.4 is 4.72 Å². The molecular formula is C13H18ClNO5S. The lowest BCUT2D eigenvalue weighted by atomic mass is 10.1. The summed E-state index contributed by atoms with van der Waals surface area (Å²) in [6.07, 6.45) is 0.205. The van der Waals surface area contributed by atoms with Gasteiger partial charge in [-0.05, 0) is 37.5 Å². The van der Waals surface area contributed by atoms with Crippen LogP contribution in [0.5, 0.6) is 0 Å². The van der Waals surface area contributed by atoms with Crippen LogP contribution in [0.2, 0.25) is 5.02 Å². The number of aromatic carboxylic acids is 1. The molecule has 6 nitrogen and oxygen atoms in total. The fourth-order valence-electron chi connectivity index (χ4n) is 1.70. The fourth-order valence-corrected chi connectivity index (χ4v) is 3.33. The van der Waals surface area contributed by atoms with E-state index in [0.717, 1.165) is 6.07 Å². The van der Waals surface area contributed by atoms with Crippen molar-refractivity contribution in [2.24, 2.45) is 0 Å². The molecule has 1 aromatic rings. The number of sulfonamides is 1. The maximum absolute atomic E-state index is 12.2. The summed E-state index contributed by atoms with van der Waals surface area (Å²) in [6, 6.07) is 2.33. The van der Waals surface area contributed by atoms with Gasteiger partial charge in [-0.15, -0.1) is 0 Å². The van der Waals surface area contributed by atoms with E-state index in [1.54, 1.807) is 6.92 Å². The molecule has 118 valence electrons. The molecule has 0 heterocycles. The van der Waals surface area contributed by atoms with Gasteiger partial charge >= 0.3 is 5.97 Å². The van der Waals surface area contributed by atoms with Crippen LogP contribution in [-0.4, -0.2) is 37.2 Å². The first-order valence-corrected chi connectivity index (χ1v) is 8.26. The zero-order valence-electron chi connectivity index (χ0n) is 11.8. The fraction of sp³-hybridized carbons (Fsp3) is 0.462. The zero-order chi connectivity index (χ0) is 16.2. The molecule has 0 fully saturated rings. The number of carboxylic acid groups (broad SMARTS) is 1. The van der Waals surface area contributed by atoms with Crippen LogP contribution >= 0.6 is 11.6 Å². The van der Waals surface area contributed by atoms with Gasteiger partial charge in [0, 0.05) is 6.54 Å². The molecule has 1 aromatic carbocycles. The number of aliphatic hydroxyl groups excluding tert-OH is 1. The molecule has 1 unspecified atom stereocenters. The summed E-state index contributed by atoms with van der Waals surface area (Å²) in [5.41, 5.74) is 0.219. The van der Waals surface area contributed by atoms with E-state index in [-0.39, 0.29) is 28.4 Å². The van der Waals surface area contributed by atoms with Gasteiger partial charge in [-0.3, -0.25) is 0 Å². The number of rotatable bonds is 7. The smallest absolute Gasteiger partial charge is 0.335 e. The maximum atomic E-state index is 12.2. The molecule has 1 rings (SSSR count). The number of benzene rings is 1. The van der Waals surface area contributed by atoms with E-state index in [0.29, 0.717) is 12.0 Å². The monoisotopic (exact) mass is 335 g/mol. The van der Waals surface area contributed by atoms with Crippen LogP contribution in [-0.2, 0) is 10.0 Å². The summed E-state index contributed by atoms with van der Waals surface area (Å²) in [7, 11) is -3.93. The van der Waals surface area contributed by atoms with Gasteiger partial charge in [-0.25, -0.2) is 17.9 Å². The molecule has 0 aliphatic heterocycles. The summed E-state index contributed by atoms with van der Waals surface area (Å²) < 4.78 is 26.7. The van der Waals surface area contributed by atoms with Gasteiger partial charge in [0.05, 0.1) is 16.7 Å². The molecule has 0 bridgehead atoms. The van der Waals surface area contributed by atoms with E-state index in [2.05, 4.69) is 4.72 Å². The highest BCUT2D eigenvalue weighted by atomic mass is 35.5. The summed E-state index contributed by atoms with van der Waals surface area (Å²) in [6.45, 7) is 3.37. The molecule has 0 saturated heterocycles. The second-order valence-electron chi connectivity index (χ2n) is 4.66. The molecule has 0 radical (unpaired) electrons. The first-order valence-electron chi connectivity index (χ1n) is 6.40. The zero-order valence-corrected chi connectivity index (χ0v) is 13.3. The van der Waals surface area contributed by atoms with Crippen LogP contribution in [0.3, 0.4) is 0 Å².